The first-order chi connectivity index (χ1) is 12.1. The van der Waals surface area contributed by atoms with Gasteiger partial charge in [0.1, 0.15) is 5.75 Å². The number of rotatable bonds is 5. The number of phenolic OH excluding ortho intramolecular Hbond substituents is 1. The van der Waals surface area contributed by atoms with Gasteiger partial charge in [-0.05, 0) is 51.8 Å². The van der Waals surface area contributed by atoms with Crippen molar-refractivity contribution >= 4 is 51.4 Å². The van der Waals surface area contributed by atoms with E-state index in [1.165, 1.54) is 12.3 Å². The average molecular weight is 437 g/mol. The molecule has 2 N–H and O–H groups in total. The number of carbonyl (C=O) groups excluding carboxylic acids is 1. The topological polar surface area (TPSA) is 83.8 Å². The Balaban J connectivity index is 0.00000243. The second kappa shape index (κ2) is 9.17. The summed E-state index contributed by atoms with van der Waals surface area (Å²) < 4.78 is 5.93. The van der Waals surface area contributed by atoms with Crippen LogP contribution in [-0.2, 0) is 4.79 Å². The summed E-state index contributed by atoms with van der Waals surface area (Å²) in [5.74, 6) is 0.113. The summed E-state index contributed by atoms with van der Waals surface area (Å²) in [6.07, 6.45) is 1.47. The van der Waals surface area contributed by atoms with Gasteiger partial charge in [0.25, 0.3) is 5.91 Å². The highest BCUT2D eigenvalue weighted by atomic mass is 79.9. The van der Waals surface area contributed by atoms with E-state index in [0.29, 0.717) is 10.4 Å². The predicted octanol–water partition coefficient (Wildman–Crippen LogP) is 3.65. The molecule has 1 heterocycles. The summed E-state index contributed by atoms with van der Waals surface area (Å²) in [7, 11) is 0. The van der Waals surface area contributed by atoms with Crippen molar-refractivity contribution in [1.82, 2.24) is 10.4 Å². The van der Waals surface area contributed by atoms with Crippen molar-refractivity contribution < 1.29 is 14.6 Å². The molecule has 0 aliphatic rings. The Kier molecular flexibility index (Phi) is 6.94. The smallest absolute Gasteiger partial charge is 0.278 e. The minimum atomic E-state index is -0.399. The van der Waals surface area contributed by atoms with Crippen LogP contribution in [0, 0.1) is 0 Å². The molecule has 0 atom stereocenters. The molecule has 0 fully saturated rings. The highest BCUT2D eigenvalue weighted by Crippen LogP contribution is 2.23. The predicted molar refractivity (Wildman–Crippen MR) is 106 cm³/mol. The number of para-hydroxylation sites is 1. The van der Waals surface area contributed by atoms with E-state index in [9.17, 15) is 9.90 Å². The molecular formula is C18H15BrClN3O3. The van der Waals surface area contributed by atoms with Crippen LogP contribution in [-0.4, -0.2) is 28.8 Å². The number of carbonyl (C=O) groups is 1. The van der Waals surface area contributed by atoms with E-state index < -0.39 is 5.91 Å². The molecule has 1 aromatic heterocycles. The monoisotopic (exact) mass is 435 g/mol. The SMILES string of the molecule is Cl.O=C(COc1ccc2ccccc2n1)NN=Cc1ccc(O)c(Br)c1. The lowest BCUT2D eigenvalue weighted by atomic mass is 10.2. The number of aromatic nitrogens is 1. The van der Waals surface area contributed by atoms with Gasteiger partial charge in [-0.2, -0.15) is 5.10 Å². The van der Waals surface area contributed by atoms with Crippen LogP contribution >= 0.6 is 28.3 Å². The number of hydrogen-bond donors (Lipinski definition) is 2. The van der Waals surface area contributed by atoms with E-state index in [-0.39, 0.29) is 24.8 Å². The Morgan fingerprint density at radius 1 is 1.23 bits per heavy atom. The maximum Gasteiger partial charge on any atom is 0.278 e. The van der Waals surface area contributed by atoms with Gasteiger partial charge in [0.15, 0.2) is 6.61 Å². The van der Waals surface area contributed by atoms with Gasteiger partial charge in [0, 0.05) is 11.5 Å². The quantitative estimate of drug-likeness (QED) is 0.472. The number of amides is 1. The first kappa shape index (κ1) is 19.7. The third-order valence-electron chi connectivity index (χ3n) is 3.30. The van der Waals surface area contributed by atoms with E-state index >= 15 is 0 Å². The maximum absolute atomic E-state index is 11.8. The van der Waals surface area contributed by atoms with Crippen LogP contribution in [0.1, 0.15) is 5.56 Å². The summed E-state index contributed by atoms with van der Waals surface area (Å²) in [6.45, 7) is -0.193. The van der Waals surface area contributed by atoms with Gasteiger partial charge in [-0.1, -0.05) is 18.2 Å². The van der Waals surface area contributed by atoms with Crippen LogP contribution in [0.15, 0.2) is 64.2 Å². The summed E-state index contributed by atoms with van der Waals surface area (Å²) in [6, 6.07) is 16.1. The number of hydrogen-bond acceptors (Lipinski definition) is 5. The molecule has 134 valence electrons. The third kappa shape index (κ3) is 5.18. The Hall–Kier alpha value is -2.64. The van der Waals surface area contributed by atoms with Gasteiger partial charge in [-0.3, -0.25) is 4.79 Å². The van der Waals surface area contributed by atoms with Crippen LogP contribution in [0.2, 0.25) is 0 Å². The number of benzene rings is 2. The summed E-state index contributed by atoms with van der Waals surface area (Å²) >= 11 is 3.21. The zero-order chi connectivity index (χ0) is 17.6. The first-order valence-corrected chi connectivity index (χ1v) is 8.20. The van der Waals surface area contributed by atoms with Gasteiger partial charge < -0.3 is 9.84 Å². The molecule has 0 radical (unpaired) electrons. The minimum Gasteiger partial charge on any atom is -0.507 e. The van der Waals surface area contributed by atoms with E-state index in [2.05, 4.69) is 31.4 Å². The molecule has 3 rings (SSSR count). The molecule has 0 saturated carbocycles. The molecule has 0 bridgehead atoms. The molecular weight excluding hydrogens is 422 g/mol. The Labute approximate surface area is 164 Å². The van der Waals surface area contributed by atoms with Gasteiger partial charge >= 0.3 is 0 Å². The number of fused-ring (bicyclic) bond motifs is 1. The van der Waals surface area contributed by atoms with Gasteiger partial charge in [0.05, 0.1) is 16.2 Å². The minimum absolute atomic E-state index is 0. The number of ether oxygens (including phenoxy) is 1. The molecule has 0 unspecified atom stereocenters. The number of nitrogens with zero attached hydrogens (tertiary/aromatic N) is 2. The normalized spacial score (nSPS) is 10.5. The molecule has 6 nitrogen and oxygen atoms in total. The van der Waals surface area contributed by atoms with Crippen molar-refractivity contribution in [2.75, 3.05) is 6.61 Å². The van der Waals surface area contributed by atoms with E-state index in [1.807, 2.05) is 30.3 Å². The zero-order valence-corrected chi connectivity index (χ0v) is 15.8. The number of aromatic hydroxyl groups is 1. The van der Waals surface area contributed by atoms with Crippen molar-refractivity contribution in [3.05, 3.63) is 64.6 Å². The number of hydrazone groups is 1. The summed E-state index contributed by atoms with van der Waals surface area (Å²) in [5, 5.41) is 14.3. The van der Waals surface area contributed by atoms with Gasteiger partial charge in [-0.15, -0.1) is 12.4 Å². The molecule has 0 saturated heterocycles. The van der Waals surface area contributed by atoms with Gasteiger partial charge in [-0.25, -0.2) is 10.4 Å². The molecule has 1 amide bonds. The number of phenols is 1. The average Bonchev–Trinajstić information content (AvgIpc) is 2.63. The number of pyridine rings is 1. The lowest BCUT2D eigenvalue weighted by molar-refractivity contribution is -0.123. The molecule has 0 aliphatic heterocycles. The molecule has 26 heavy (non-hydrogen) atoms. The van der Waals surface area contributed by atoms with Crippen molar-refractivity contribution in [3.8, 4) is 11.6 Å². The number of nitrogens with one attached hydrogen (secondary N) is 1. The Bertz CT molecular complexity index is 950. The molecule has 3 aromatic rings. The lowest BCUT2D eigenvalue weighted by Gasteiger charge is -2.05. The van der Waals surface area contributed by atoms with Crippen LogP contribution in [0.25, 0.3) is 10.9 Å². The molecule has 0 spiro atoms. The summed E-state index contributed by atoms with van der Waals surface area (Å²) in [4.78, 5) is 16.1. The van der Waals surface area contributed by atoms with Gasteiger partial charge in [0.2, 0.25) is 5.88 Å². The van der Waals surface area contributed by atoms with Crippen LogP contribution < -0.4 is 10.2 Å². The standard InChI is InChI=1S/C18H14BrN3O3.ClH/c19-14-9-12(5-7-16(14)23)10-20-22-17(24)11-25-18-8-6-13-3-1-2-4-15(13)21-18;/h1-10,23H,11H2,(H,22,24);1H. The second-order valence-electron chi connectivity index (χ2n) is 5.13. The highest BCUT2D eigenvalue weighted by Gasteiger charge is 2.04. The van der Waals surface area contributed by atoms with Crippen LogP contribution in [0.3, 0.4) is 0 Å². The van der Waals surface area contributed by atoms with Crippen molar-refractivity contribution in [1.29, 1.82) is 0 Å². The van der Waals surface area contributed by atoms with E-state index in [0.717, 1.165) is 16.5 Å². The fraction of sp³-hybridized carbons (Fsp3) is 0.0556. The highest BCUT2D eigenvalue weighted by molar-refractivity contribution is 9.10. The van der Waals surface area contributed by atoms with Crippen LogP contribution in [0.4, 0.5) is 0 Å². The van der Waals surface area contributed by atoms with Crippen molar-refractivity contribution in [2.24, 2.45) is 5.10 Å². The van der Waals surface area contributed by atoms with Crippen molar-refractivity contribution in [2.45, 2.75) is 0 Å². The second-order valence-corrected chi connectivity index (χ2v) is 5.99. The maximum atomic E-state index is 11.8. The Morgan fingerprint density at radius 2 is 2.04 bits per heavy atom. The lowest BCUT2D eigenvalue weighted by Crippen LogP contribution is -2.24. The fourth-order valence-corrected chi connectivity index (χ4v) is 2.48. The van der Waals surface area contributed by atoms with E-state index in [4.69, 9.17) is 4.74 Å². The Morgan fingerprint density at radius 3 is 2.85 bits per heavy atom. The summed E-state index contributed by atoms with van der Waals surface area (Å²) in [5.41, 5.74) is 3.90. The number of halogens is 2. The zero-order valence-electron chi connectivity index (χ0n) is 13.4. The molecule has 0 aliphatic carbocycles. The largest absolute Gasteiger partial charge is 0.507 e. The van der Waals surface area contributed by atoms with E-state index in [1.54, 1.807) is 18.2 Å². The fourth-order valence-electron chi connectivity index (χ4n) is 2.08. The molecule has 2 aromatic carbocycles. The first-order valence-electron chi connectivity index (χ1n) is 7.41. The van der Waals surface area contributed by atoms with Crippen molar-refractivity contribution in [3.63, 3.8) is 0 Å². The molecule has 8 heteroatoms. The van der Waals surface area contributed by atoms with Crippen LogP contribution in [0.5, 0.6) is 11.6 Å². The third-order valence-corrected chi connectivity index (χ3v) is 3.93.